The van der Waals surface area contributed by atoms with E-state index in [9.17, 15) is 13.2 Å². The van der Waals surface area contributed by atoms with E-state index in [-0.39, 0.29) is 36.6 Å². The monoisotopic (exact) mass is 588 g/mol. The molecule has 1 saturated heterocycles. The van der Waals surface area contributed by atoms with Gasteiger partial charge in [-0.3, -0.25) is 4.79 Å². The molecule has 0 saturated carbocycles. The minimum absolute atomic E-state index is 0.119. The molecule has 1 unspecified atom stereocenters. The van der Waals surface area contributed by atoms with Crippen LogP contribution in [0.3, 0.4) is 0 Å². The maximum Gasteiger partial charge on any atom is 0.283 e. The number of nitrogens with zero attached hydrogens (tertiary/aromatic N) is 7. The summed E-state index contributed by atoms with van der Waals surface area (Å²) >= 11 is 7.54. The smallest absolute Gasteiger partial charge is 0.283 e. The zero-order valence-corrected chi connectivity index (χ0v) is 24.0. The van der Waals surface area contributed by atoms with Crippen molar-refractivity contribution in [3.05, 3.63) is 63.6 Å². The average molecular weight is 589 g/mol. The van der Waals surface area contributed by atoms with Crippen molar-refractivity contribution in [3.63, 3.8) is 0 Å². The molecule has 6 rings (SSSR count). The Morgan fingerprint density at radius 2 is 2.00 bits per heavy atom. The second-order valence-electron chi connectivity index (χ2n) is 9.99. The van der Waals surface area contributed by atoms with Crippen molar-refractivity contribution in [2.45, 2.75) is 37.1 Å². The molecule has 1 N–H and O–H groups in total. The number of rotatable bonds is 6. The first-order chi connectivity index (χ1) is 18.7. The van der Waals surface area contributed by atoms with E-state index in [2.05, 4.69) is 20.0 Å². The number of carbonyl (C=O) groups excluding carboxylic acids is 1. The van der Waals surface area contributed by atoms with Gasteiger partial charge in [-0.1, -0.05) is 11.6 Å². The maximum absolute atomic E-state index is 13.8. The fourth-order valence-electron chi connectivity index (χ4n) is 5.14. The third kappa shape index (κ3) is 5.10. The van der Waals surface area contributed by atoms with Crippen molar-refractivity contribution in [2.75, 3.05) is 33.7 Å². The standard InChI is InChI=1S/C25H29ClN8O3S2/c1-30-14-21-22(15-31(30)2)38-24(29-21)25(35)34-10-9-33(13-19(34)5-7-32-8-6-27-16-32)39(36,37)23-12-17-11-18(26)3-4-20(17)28-23/h3-4,6,8,11-12,16,19,28H,5,7,9-10,13-15H2,1-2H3. The van der Waals surface area contributed by atoms with Crippen LogP contribution in [0.1, 0.15) is 26.8 Å². The molecule has 1 atom stereocenters. The fourth-order valence-corrected chi connectivity index (χ4v) is 7.88. The molecule has 0 spiro atoms. The van der Waals surface area contributed by atoms with Gasteiger partial charge in [0.1, 0.15) is 5.03 Å². The molecule has 1 fully saturated rings. The summed E-state index contributed by atoms with van der Waals surface area (Å²) < 4.78 is 30.8. The summed E-state index contributed by atoms with van der Waals surface area (Å²) in [6.45, 7) is 2.64. The molecule has 0 aliphatic carbocycles. The lowest BCUT2D eigenvalue weighted by Crippen LogP contribution is -2.56. The first-order valence-electron chi connectivity index (χ1n) is 12.6. The Labute approximate surface area is 235 Å². The molecule has 2 aliphatic heterocycles. The third-order valence-corrected chi connectivity index (χ3v) is 10.5. The number of benzene rings is 1. The lowest BCUT2D eigenvalue weighted by atomic mass is 10.1. The second-order valence-corrected chi connectivity index (χ2v) is 13.4. The molecule has 0 bridgehead atoms. The molecule has 5 heterocycles. The molecular weight excluding hydrogens is 560 g/mol. The highest BCUT2D eigenvalue weighted by atomic mass is 35.5. The quantitative estimate of drug-likeness (QED) is 0.369. The topological polar surface area (TPSA) is 111 Å². The van der Waals surface area contributed by atoms with Gasteiger partial charge in [0.25, 0.3) is 15.9 Å². The summed E-state index contributed by atoms with van der Waals surface area (Å²) in [4.78, 5) is 28.5. The van der Waals surface area contributed by atoms with Gasteiger partial charge in [0.2, 0.25) is 0 Å². The number of imidazole rings is 1. The van der Waals surface area contributed by atoms with Crippen LogP contribution in [0.15, 0.2) is 48.0 Å². The van der Waals surface area contributed by atoms with Crippen LogP contribution in [0.25, 0.3) is 10.9 Å². The van der Waals surface area contributed by atoms with Crippen LogP contribution >= 0.6 is 22.9 Å². The Morgan fingerprint density at radius 3 is 2.79 bits per heavy atom. The molecule has 206 valence electrons. The summed E-state index contributed by atoms with van der Waals surface area (Å²) in [6, 6.07) is 6.51. The first kappa shape index (κ1) is 26.4. The molecular formula is C25H29ClN8O3S2. The molecule has 1 aromatic carbocycles. The predicted molar refractivity (Wildman–Crippen MR) is 149 cm³/mol. The van der Waals surface area contributed by atoms with E-state index in [1.807, 2.05) is 24.9 Å². The summed E-state index contributed by atoms with van der Waals surface area (Å²) in [6.07, 6.45) is 5.87. The number of nitrogens with one attached hydrogen (secondary N) is 1. The van der Waals surface area contributed by atoms with Gasteiger partial charge in [0, 0.05) is 86.1 Å². The Bertz CT molecular complexity index is 1590. The van der Waals surface area contributed by atoms with Crippen LogP contribution in [0, 0.1) is 0 Å². The number of piperazine rings is 1. The van der Waals surface area contributed by atoms with Gasteiger partial charge in [-0.25, -0.2) is 28.4 Å². The summed E-state index contributed by atoms with van der Waals surface area (Å²) in [5.74, 6) is -0.146. The van der Waals surface area contributed by atoms with Gasteiger partial charge in [0.05, 0.1) is 18.6 Å². The van der Waals surface area contributed by atoms with E-state index in [0.29, 0.717) is 41.6 Å². The van der Waals surface area contributed by atoms with Gasteiger partial charge < -0.3 is 14.5 Å². The number of amides is 1. The lowest BCUT2D eigenvalue weighted by molar-refractivity contribution is -0.00173. The highest BCUT2D eigenvalue weighted by Crippen LogP contribution is 2.30. The van der Waals surface area contributed by atoms with Crippen molar-refractivity contribution in [3.8, 4) is 0 Å². The number of hydrazine groups is 1. The third-order valence-electron chi connectivity index (χ3n) is 7.46. The fraction of sp³-hybridized carbons (Fsp3) is 0.400. The van der Waals surface area contributed by atoms with Crippen LogP contribution < -0.4 is 0 Å². The molecule has 3 aromatic heterocycles. The van der Waals surface area contributed by atoms with E-state index < -0.39 is 10.0 Å². The van der Waals surface area contributed by atoms with Crippen LogP contribution in [-0.2, 0) is 29.7 Å². The van der Waals surface area contributed by atoms with Crippen LogP contribution in [0.4, 0.5) is 0 Å². The molecule has 39 heavy (non-hydrogen) atoms. The second kappa shape index (κ2) is 10.3. The normalized spacial score (nSPS) is 19.6. The molecule has 4 aromatic rings. The number of aromatic amines is 1. The number of aryl methyl sites for hydroxylation is 1. The van der Waals surface area contributed by atoms with Crippen molar-refractivity contribution < 1.29 is 13.2 Å². The SMILES string of the molecule is CN1Cc2nc(C(=O)N3CCN(S(=O)(=O)c4cc5cc(Cl)ccc5[nH]4)CC3CCn3ccnc3)sc2CN1C. The number of thiazole rings is 1. The lowest BCUT2D eigenvalue weighted by Gasteiger charge is -2.40. The number of fused-ring (bicyclic) bond motifs is 2. The van der Waals surface area contributed by atoms with Gasteiger partial charge >= 0.3 is 0 Å². The average Bonchev–Trinajstić information content (AvgIpc) is 3.67. The predicted octanol–water partition coefficient (Wildman–Crippen LogP) is 2.87. The number of carbonyl (C=O) groups is 1. The Hall–Kier alpha value is -2.81. The van der Waals surface area contributed by atoms with Gasteiger partial charge in [-0.2, -0.15) is 4.31 Å². The van der Waals surface area contributed by atoms with Gasteiger partial charge in [-0.05, 0) is 30.7 Å². The Kier molecular flexibility index (Phi) is 6.98. The van der Waals surface area contributed by atoms with Crippen molar-refractivity contribution in [1.29, 1.82) is 0 Å². The maximum atomic E-state index is 13.8. The molecule has 14 heteroatoms. The summed E-state index contributed by atoms with van der Waals surface area (Å²) in [5.41, 5.74) is 1.63. The summed E-state index contributed by atoms with van der Waals surface area (Å²) in [7, 11) is 0.192. The van der Waals surface area contributed by atoms with E-state index >= 15 is 0 Å². The van der Waals surface area contributed by atoms with Crippen molar-refractivity contribution in [2.24, 2.45) is 0 Å². The number of halogens is 1. The number of hydrogen-bond acceptors (Lipinski definition) is 8. The first-order valence-corrected chi connectivity index (χ1v) is 15.3. The van der Waals surface area contributed by atoms with E-state index in [4.69, 9.17) is 16.6 Å². The molecule has 1 amide bonds. The molecule has 11 nitrogen and oxygen atoms in total. The highest BCUT2D eigenvalue weighted by molar-refractivity contribution is 7.89. The van der Waals surface area contributed by atoms with Crippen molar-refractivity contribution in [1.82, 2.24) is 38.7 Å². The largest absolute Gasteiger partial charge is 0.345 e. The minimum Gasteiger partial charge on any atom is -0.345 e. The number of hydrogen-bond donors (Lipinski definition) is 1. The number of aromatic nitrogens is 4. The van der Waals surface area contributed by atoms with E-state index in [0.717, 1.165) is 16.0 Å². The van der Waals surface area contributed by atoms with Crippen LogP contribution in [0.5, 0.6) is 0 Å². The van der Waals surface area contributed by atoms with Gasteiger partial charge in [-0.15, -0.1) is 11.3 Å². The summed E-state index contributed by atoms with van der Waals surface area (Å²) in [5, 5.41) is 6.03. The highest BCUT2D eigenvalue weighted by Gasteiger charge is 2.38. The van der Waals surface area contributed by atoms with Crippen LogP contribution in [-0.4, -0.2) is 92.8 Å². The number of sulfonamides is 1. The van der Waals surface area contributed by atoms with E-state index in [1.165, 1.54) is 15.6 Å². The Morgan fingerprint density at radius 1 is 1.18 bits per heavy atom. The van der Waals surface area contributed by atoms with Crippen LogP contribution in [0.2, 0.25) is 5.02 Å². The number of H-pyrrole nitrogens is 1. The van der Waals surface area contributed by atoms with E-state index in [1.54, 1.807) is 41.7 Å². The van der Waals surface area contributed by atoms with Gasteiger partial charge in [0.15, 0.2) is 5.01 Å². The zero-order valence-electron chi connectivity index (χ0n) is 21.6. The minimum atomic E-state index is -3.82. The molecule has 0 radical (unpaired) electrons. The Balaban J connectivity index is 1.26. The molecule has 2 aliphatic rings. The zero-order chi connectivity index (χ0) is 27.3. The van der Waals surface area contributed by atoms with Crippen molar-refractivity contribution >= 4 is 49.8 Å².